The van der Waals surface area contributed by atoms with Crippen molar-refractivity contribution in [3.8, 4) is 0 Å². The van der Waals surface area contributed by atoms with E-state index in [1.54, 1.807) is 20.2 Å². The fourth-order valence-corrected chi connectivity index (χ4v) is 2.35. The first-order valence-electron chi connectivity index (χ1n) is 7.51. The van der Waals surface area contributed by atoms with Crippen molar-refractivity contribution in [1.29, 1.82) is 0 Å². The Balaban J connectivity index is 1.83. The lowest BCUT2D eigenvalue weighted by Crippen LogP contribution is -2.43. The normalized spacial score (nSPS) is 16.8. The Hall–Kier alpha value is -2.45. The van der Waals surface area contributed by atoms with E-state index in [1.807, 2.05) is 18.4 Å². The van der Waals surface area contributed by atoms with Gasteiger partial charge in [0, 0.05) is 19.0 Å². The number of hydrogen-bond acceptors (Lipinski definition) is 5. The van der Waals surface area contributed by atoms with Crippen molar-refractivity contribution < 1.29 is 14.4 Å². The maximum Gasteiger partial charge on any atom is 0.325 e. The molecule has 0 bridgehead atoms. The van der Waals surface area contributed by atoms with Crippen molar-refractivity contribution in [1.82, 2.24) is 30.3 Å². The van der Waals surface area contributed by atoms with Crippen molar-refractivity contribution in [2.45, 2.75) is 45.7 Å². The standard InChI is InChI=1S/C14H22N6O3/c1-9(2)20-8-16-18-10(20)5-6-15-11(21)7-19-12(22)14(3,4)17-13(19)23/h8-9H,5-7H2,1-4H3,(H,15,21)(H,17,23). The molecule has 0 saturated carbocycles. The summed E-state index contributed by atoms with van der Waals surface area (Å²) in [5.41, 5.74) is -0.967. The smallest absolute Gasteiger partial charge is 0.325 e. The van der Waals surface area contributed by atoms with Crippen molar-refractivity contribution in [2.75, 3.05) is 13.1 Å². The first kappa shape index (κ1) is 16.9. The highest BCUT2D eigenvalue weighted by molar-refractivity contribution is 6.08. The Morgan fingerprint density at radius 3 is 2.65 bits per heavy atom. The lowest BCUT2D eigenvalue weighted by molar-refractivity contribution is -0.134. The van der Waals surface area contributed by atoms with Crippen LogP contribution in [0.2, 0.25) is 0 Å². The number of imide groups is 1. The first-order chi connectivity index (χ1) is 10.7. The monoisotopic (exact) mass is 322 g/mol. The summed E-state index contributed by atoms with van der Waals surface area (Å²) < 4.78 is 1.92. The number of amides is 4. The van der Waals surface area contributed by atoms with Gasteiger partial charge in [-0.1, -0.05) is 0 Å². The molecule has 0 aromatic carbocycles. The molecule has 2 heterocycles. The summed E-state index contributed by atoms with van der Waals surface area (Å²) in [5.74, 6) is -0.0181. The summed E-state index contributed by atoms with van der Waals surface area (Å²) >= 11 is 0. The second kappa shape index (κ2) is 6.35. The van der Waals surface area contributed by atoms with Crippen molar-refractivity contribution in [3.05, 3.63) is 12.2 Å². The van der Waals surface area contributed by atoms with Crippen LogP contribution in [0.3, 0.4) is 0 Å². The van der Waals surface area contributed by atoms with Crippen LogP contribution in [-0.2, 0) is 16.0 Å². The molecule has 0 atom stereocenters. The molecule has 0 unspecified atom stereocenters. The lowest BCUT2D eigenvalue weighted by Gasteiger charge is -2.15. The third-order valence-electron chi connectivity index (χ3n) is 3.62. The van der Waals surface area contributed by atoms with Crippen LogP contribution >= 0.6 is 0 Å². The van der Waals surface area contributed by atoms with E-state index in [0.717, 1.165) is 10.7 Å². The number of carbonyl (C=O) groups is 3. The minimum Gasteiger partial charge on any atom is -0.354 e. The molecule has 1 aliphatic heterocycles. The van der Waals surface area contributed by atoms with E-state index in [9.17, 15) is 14.4 Å². The zero-order valence-electron chi connectivity index (χ0n) is 13.8. The molecular weight excluding hydrogens is 300 g/mol. The van der Waals surface area contributed by atoms with Gasteiger partial charge in [0.05, 0.1) is 0 Å². The Kier molecular flexibility index (Phi) is 4.67. The van der Waals surface area contributed by atoms with Crippen LogP contribution in [0.15, 0.2) is 6.33 Å². The third-order valence-corrected chi connectivity index (χ3v) is 3.62. The van der Waals surface area contributed by atoms with Crippen LogP contribution in [0.5, 0.6) is 0 Å². The van der Waals surface area contributed by atoms with Crippen molar-refractivity contribution in [3.63, 3.8) is 0 Å². The predicted molar refractivity (Wildman–Crippen MR) is 81.4 cm³/mol. The molecule has 2 rings (SSSR count). The van der Waals surface area contributed by atoms with Crippen LogP contribution < -0.4 is 10.6 Å². The quantitative estimate of drug-likeness (QED) is 0.708. The Morgan fingerprint density at radius 2 is 2.09 bits per heavy atom. The topological polar surface area (TPSA) is 109 Å². The maximum absolute atomic E-state index is 12.0. The van der Waals surface area contributed by atoms with Gasteiger partial charge in [0.15, 0.2) is 0 Å². The average molecular weight is 322 g/mol. The van der Waals surface area contributed by atoms with Gasteiger partial charge in [-0.3, -0.25) is 14.5 Å². The number of hydrogen-bond donors (Lipinski definition) is 2. The molecule has 1 aromatic rings. The highest BCUT2D eigenvalue weighted by atomic mass is 16.2. The highest BCUT2D eigenvalue weighted by Gasteiger charge is 2.44. The van der Waals surface area contributed by atoms with E-state index in [4.69, 9.17) is 0 Å². The molecule has 126 valence electrons. The summed E-state index contributed by atoms with van der Waals surface area (Å²) in [7, 11) is 0. The lowest BCUT2D eigenvalue weighted by atomic mass is 10.1. The Morgan fingerprint density at radius 1 is 1.39 bits per heavy atom. The molecule has 0 radical (unpaired) electrons. The number of carbonyl (C=O) groups excluding carboxylic acids is 3. The molecule has 0 spiro atoms. The molecule has 1 fully saturated rings. The van der Waals surface area contributed by atoms with Gasteiger partial charge in [-0.05, 0) is 27.7 Å². The number of urea groups is 1. The van der Waals surface area contributed by atoms with Crippen LogP contribution in [0.4, 0.5) is 4.79 Å². The number of rotatable bonds is 6. The zero-order valence-corrected chi connectivity index (χ0v) is 13.8. The largest absolute Gasteiger partial charge is 0.354 e. The van der Waals surface area contributed by atoms with Crippen LogP contribution in [0, 0.1) is 0 Å². The highest BCUT2D eigenvalue weighted by Crippen LogP contribution is 2.15. The minimum absolute atomic E-state index is 0.240. The first-order valence-corrected chi connectivity index (χ1v) is 7.51. The van der Waals surface area contributed by atoms with Gasteiger partial charge in [-0.2, -0.15) is 0 Å². The summed E-state index contributed by atoms with van der Waals surface area (Å²) in [6.07, 6.45) is 2.17. The Labute approximate surface area is 134 Å². The van der Waals surface area contributed by atoms with Gasteiger partial charge in [-0.15, -0.1) is 10.2 Å². The SMILES string of the molecule is CC(C)n1cnnc1CCNC(=O)CN1C(=O)NC(C)(C)C1=O. The van der Waals surface area contributed by atoms with Gasteiger partial charge in [-0.25, -0.2) is 4.79 Å². The zero-order chi connectivity index (χ0) is 17.2. The van der Waals surface area contributed by atoms with E-state index in [-0.39, 0.29) is 18.5 Å². The number of aromatic nitrogens is 3. The molecular formula is C14H22N6O3. The van der Waals surface area contributed by atoms with Gasteiger partial charge < -0.3 is 15.2 Å². The van der Waals surface area contributed by atoms with Crippen LogP contribution in [0.1, 0.15) is 39.6 Å². The molecule has 1 saturated heterocycles. The van der Waals surface area contributed by atoms with Gasteiger partial charge in [0.25, 0.3) is 5.91 Å². The van der Waals surface area contributed by atoms with E-state index >= 15 is 0 Å². The summed E-state index contributed by atoms with van der Waals surface area (Å²) in [6.45, 7) is 7.31. The minimum atomic E-state index is -0.967. The second-order valence-corrected chi connectivity index (χ2v) is 6.29. The molecule has 1 aromatic heterocycles. The molecule has 9 heteroatoms. The van der Waals surface area contributed by atoms with Crippen molar-refractivity contribution >= 4 is 17.8 Å². The van der Waals surface area contributed by atoms with E-state index in [1.165, 1.54) is 0 Å². The van der Waals surface area contributed by atoms with E-state index < -0.39 is 17.5 Å². The van der Waals surface area contributed by atoms with Crippen LogP contribution in [0.25, 0.3) is 0 Å². The summed E-state index contributed by atoms with van der Waals surface area (Å²) in [5, 5.41) is 13.1. The van der Waals surface area contributed by atoms with Crippen LogP contribution in [-0.4, -0.2) is 56.1 Å². The maximum atomic E-state index is 12.0. The number of nitrogens with zero attached hydrogens (tertiary/aromatic N) is 4. The van der Waals surface area contributed by atoms with Gasteiger partial charge in [0.2, 0.25) is 5.91 Å². The molecule has 0 aliphatic carbocycles. The molecule has 4 amide bonds. The molecule has 23 heavy (non-hydrogen) atoms. The molecule has 9 nitrogen and oxygen atoms in total. The fraction of sp³-hybridized carbons (Fsp3) is 0.643. The Bertz CT molecular complexity index is 622. The van der Waals surface area contributed by atoms with E-state index in [2.05, 4.69) is 20.8 Å². The summed E-state index contributed by atoms with van der Waals surface area (Å²) in [6, 6.07) is -0.307. The van der Waals surface area contributed by atoms with Gasteiger partial charge in [0.1, 0.15) is 24.2 Å². The third kappa shape index (κ3) is 3.66. The molecule has 1 aliphatic rings. The van der Waals surface area contributed by atoms with Crippen molar-refractivity contribution in [2.24, 2.45) is 0 Å². The fourth-order valence-electron chi connectivity index (χ4n) is 2.35. The molecule has 2 N–H and O–H groups in total. The van der Waals surface area contributed by atoms with E-state index in [0.29, 0.717) is 13.0 Å². The summed E-state index contributed by atoms with van der Waals surface area (Å²) in [4.78, 5) is 36.5. The van der Waals surface area contributed by atoms with Gasteiger partial charge >= 0.3 is 6.03 Å². The number of nitrogens with one attached hydrogen (secondary N) is 2. The second-order valence-electron chi connectivity index (χ2n) is 6.29. The predicted octanol–water partition coefficient (Wildman–Crippen LogP) is -0.152. The average Bonchev–Trinajstić information content (AvgIpc) is 2.98.